The van der Waals surface area contributed by atoms with Crippen molar-refractivity contribution in [1.29, 1.82) is 0 Å². The van der Waals surface area contributed by atoms with Crippen molar-refractivity contribution >= 4 is 16.5 Å². The second-order valence-corrected chi connectivity index (χ2v) is 6.09. The van der Waals surface area contributed by atoms with Gasteiger partial charge in [-0.25, -0.2) is 0 Å². The molecule has 1 aromatic heterocycles. The molecular formula is C18H20N2. The number of nitrogens with zero attached hydrogens (tertiary/aromatic N) is 2. The van der Waals surface area contributed by atoms with Gasteiger partial charge in [-0.1, -0.05) is 36.8 Å². The standard InChI is InChI=1S/C18H20N2/c1-20-15-7-3-8-16(20)12-14(11-15)17-9-2-5-13-6-4-10-19-18(13)17/h2,4-6,9-11,15-16H,3,7-8,12H2,1H3. The van der Waals surface area contributed by atoms with Crippen molar-refractivity contribution in [2.24, 2.45) is 0 Å². The van der Waals surface area contributed by atoms with E-state index in [9.17, 15) is 0 Å². The second kappa shape index (κ2) is 4.71. The second-order valence-electron chi connectivity index (χ2n) is 6.09. The average molecular weight is 264 g/mol. The van der Waals surface area contributed by atoms with E-state index in [2.05, 4.69) is 47.3 Å². The predicted molar refractivity (Wildman–Crippen MR) is 83.5 cm³/mol. The summed E-state index contributed by atoms with van der Waals surface area (Å²) in [4.78, 5) is 7.18. The van der Waals surface area contributed by atoms with Gasteiger partial charge in [0.2, 0.25) is 0 Å². The fourth-order valence-electron chi connectivity index (χ4n) is 3.80. The largest absolute Gasteiger partial charge is 0.297 e. The van der Waals surface area contributed by atoms with Crippen LogP contribution in [0.25, 0.3) is 16.5 Å². The van der Waals surface area contributed by atoms with Crippen LogP contribution in [-0.2, 0) is 0 Å². The van der Waals surface area contributed by atoms with Gasteiger partial charge >= 0.3 is 0 Å². The topological polar surface area (TPSA) is 16.1 Å². The Morgan fingerprint density at radius 3 is 2.95 bits per heavy atom. The lowest BCUT2D eigenvalue weighted by atomic mass is 9.83. The predicted octanol–water partition coefficient (Wildman–Crippen LogP) is 3.87. The summed E-state index contributed by atoms with van der Waals surface area (Å²) in [5.74, 6) is 0. The van der Waals surface area contributed by atoms with E-state index in [0.717, 1.165) is 5.52 Å². The minimum atomic E-state index is 0.622. The third-order valence-electron chi connectivity index (χ3n) is 4.96. The number of pyridine rings is 1. The normalized spacial score (nSPS) is 26.6. The zero-order valence-electron chi connectivity index (χ0n) is 11.9. The molecule has 1 saturated heterocycles. The molecule has 0 saturated carbocycles. The number of benzene rings is 1. The first-order valence-electron chi connectivity index (χ1n) is 7.60. The minimum Gasteiger partial charge on any atom is -0.297 e. The van der Waals surface area contributed by atoms with Crippen LogP contribution in [-0.4, -0.2) is 29.0 Å². The quantitative estimate of drug-likeness (QED) is 0.777. The van der Waals surface area contributed by atoms with Crippen molar-refractivity contribution in [2.45, 2.75) is 37.8 Å². The van der Waals surface area contributed by atoms with Gasteiger partial charge in [-0.15, -0.1) is 0 Å². The highest BCUT2D eigenvalue weighted by molar-refractivity contribution is 5.91. The number of likely N-dealkylation sites (N-methyl/N-ethyl adjacent to an activating group) is 1. The Hall–Kier alpha value is -1.67. The Labute approximate surface area is 120 Å². The molecule has 2 bridgehead atoms. The molecule has 2 atom stereocenters. The molecule has 2 unspecified atom stereocenters. The van der Waals surface area contributed by atoms with Gasteiger partial charge < -0.3 is 0 Å². The minimum absolute atomic E-state index is 0.622. The number of hydrogen-bond acceptors (Lipinski definition) is 2. The van der Waals surface area contributed by atoms with Gasteiger partial charge in [0.1, 0.15) is 0 Å². The van der Waals surface area contributed by atoms with Gasteiger partial charge in [-0.2, -0.15) is 0 Å². The van der Waals surface area contributed by atoms with Crippen molar-refractivity contribution in [2.75, 3.05) is 7.05 Å². The van der Waals surface area contributed by atoms with Gasteiger partial charge in [-0.05, 0) is 37.9 Å². The van der Waals surface area contributed by atoms with Crippen molar-refractivity contribution in [1.82, 2.24) is 9.88 Å². The smallest absolute Gasteiger partial charge is 0.0776 e. The molecule has 0 aliphatic carbocycles. The van der Waals surface area contributed by atoms with Crippen LogP contribution in [0.5, 0.6) is 0 Å². The van der Waals surface area contributed by atoms with E-state index in [1.165, 1.54) is 42.2 Å². The van der Waals surface area contributed by atoms with Crippen LogP contribution in [0.1, 0.15) is 31.2 Å². The molecule has 1 aromatic carbocycles. The summed E-state index contributed by atoms with van der Waals surface area (Å²) < 4.78 is 0. The lowest BCUT2D eigenvalue weighted by Crippen LogP contribution is -2.45. The van der Waals surface area contributed by atoms with E-state index in [0.29, 0.717) is 12.1 Å². The molecule has 0 N–H and O–H groups in total. The fourth-order valence-corrected chi connectivity index (χ4v) is 3.80. The molecule has 2 nitrogen and oxygen atoms in total. The Morgan fingerprint density at radius 1 is 1.15 bits per heavy atom. The molecule has 0 spiro atoms. The van der Waals surface area contributed by atoms with Crippen LogP contribution in [0.2, 0.25) is 0 Å². The number of hydrogen-bond donors (Lipinski definition) is 0. The number of rotatable bonds is 1. The van der Waals surface area contributed by atoms with Crippen LogP contribution >= 0.6 is 0 Å². The molecule has 2 heteroatoms. The molecule has 3 heterocycles. The first-order valence-corrected chi connectivity index (χ1v) is 7.60. The number of para-hydroxylation sites is 1. The summed E-state index contributed by atoms with van der Waals surface area (Å²) in [5, 5.41) is 1.25. The number of aromatic nitrogens is 1. The molecule has 2 aliphatic rings. The van der Waals surface area contributed by atoms with E-state index in [1.54, 1.807) is 0 Å². The van der Waals surface area contributed by atoms with Crippen LogP contribution in [0.4, 0.5) is 0 Å². The van der Waals surface area contributed by atoms with E-state index in [1.807, 2.05) is 12.3 Å². The van der Waals surface area contributed by atoms with Gasteiger partial charge in [0.15, 0.2) is 0 Å². The molecule has 2 aromatic rings. The third-order valence-corrected chi connectivity index (χ3v) is 4.96. The molecule has 0 amide bonds. The Kier molecular flexibility index (Phi) is 2.85. The third kappa shape index (κ3) is 1.87. The average Bonchev–Trinajstić information content (AvgIpc) is 2.46. The first-order chi connectivity index (χ1) is 9.83. The highest BCUT2D eigenvalue weighted by atomic mass is 15.2. The Morgan fingerprint density at radius 2 is 2.05 bits per heavy atom. The van der Waals surface area contributed by atoms with Gasteiger partial charge in [0, 0.05) is 29.2 Å². The Bertz CT molecular complexity index is 669. The zero-order valence-corrected chi connectivity index (χ0v) is 11.9. The molecular weight excluding hydrogens is 244 g/mol. The maximum Gasteiger partial charge on any atom is 0.0776 e. The maximum atomic E-state index is 4.61. The first kappa shape index (κ1) is 12.1. The van der Waals surface area contributed by atoms with E-state index in [4.69, 9.17) is 0 Å². The summed E-state index contributed by atoms with van der Waals surface area (Å²) in [7, 11) is 2.28. The summed E-state index contributed by atoms with van der Waals surface area (Å²) in [6.45, 7) is 0. The van der Waals surface area contributed by atoms with E-state index >= 15 is 0 Å². The van der Waals surface area contributed by atoms with Crippen molar-refractivity contribution in [3.8, 4) is 0 Å². The summed E-state index contributed by atoms with van der Waals surface area (Å²) >= 11 is 0. The highest BCUT2D eigenvalue weighted by Gasteiger charge is 2.31. The monoisotopic (exact) mass is 264 g/mol. The number of piperidine rings is 1. The molecule has 4 rings (SSSR count). The van der Waals surface area contributed by atoms with E-state index < -0.39 is 0 Å². The SMILES string of the molecule is CN1C2C=C(c3cccc4cccnc34)CC1CCC2. The van der Waals surface area contributed by atoms with Crippen LogP contribution < -0.4 is 0 Å². The van der Waals surface area contributed by atoms with E-state index in [-0.39, 0.29) is 0 Å². The molecule has 0 radical (unpaired) electrons. The molecule has 1 fully saturated rings. The molecule has 2 aliphatic heterocycles. The van der Waals surface area contributed by atoms with Gasteiger partial charge in [0.05, 0.1) is 5.52 Å². The maximum absolute atomic E-state index is 4.61. The van der Waals surface area contributed by atoms with Crippen LogP contribution in [0, 0.1) is 0 Å². The lowest BCUT2D eigenvalue weighted by Gasteiger charge is -2.42. The number of fused-ring (bicyclic) bond motifs is 3. The molecule has 102 valence electrons. The Balaban J connectivity index is 1.84. The highest BCUT2D eigenvalue weighted by Crippen LogP contribution is 2.37. The van der Waals surface area contributed by atoms with Crippen molar-refractivity contribution in [3.63, 3.8) is 0 Å². The fraction of sp³-hybridized carbons (Fsp3) is 0.389. The lowest BCUT2D eigenvalue weighted by molar-refractivity contribution is 0.137. The summed E-state index contributed by atoms with van der Waals surface area (Å²) in [5.41, 5.74) is 4.00. The van der Waals surface area contributed by atoms with Crippen LogP contribution in [0.3, 0.4) is 0 Å². The van der Waals surface area contributed by atoms with Crippen molar-refractivity contribution < 1.29 is 0 Å². The van der Waals surface area contributed by atoms with Crippen molar-refractivity contribution in [3.05, 3.63) is 48.2 Å². The van der Waals surface area contributed by atoms with Gasteiger partial charge in [-0.3, -0.25) is 9.88 Å². The van der Waals surface area contributed by atoms with Gasteiger partial charge in [0.25, 0.3) is 0 Å². The zero-order chi connectivity index (χ0) is 13.5. The molecule has 20 heavy (non-hydrogen) atoms. The van der Waals surface area contributed by atoms with Crippen LogP contribution in [0.15, 0.2) is 42.6 Å². The summed E-state index contributed by atoms with van der Waals surface area (Å²) in [6, 6.07) is 12.1. The summed E-state index contributed by atoms with van der Waals surface area (Å²) in [6.07, 6.45) is 9.57.